The highest BCUT2D eigenvalue weighted by atomic mass is 127. The van der Waals surface area contributed by atoms with Gasteiger partial charge in [0.25, 0.3) is 0 Å². The lowest BCUT2D eigenvalue weighted by atomic mass is 10.2. The number of hydrogen-bond acceptors (Lipinski definition) is 1. The number of nitrogens with zero attached hydrogens (tertiary/aromatic N) is 1. The summed E-state index contributed by atoms with van der Waals surface area (Å²) in [5, 5.41) is 7.90. The Hall–Kier alpha value is -1.24. The van der Waals surface area contributed by atoms with Crippen molar-refractivity contribution in [3.8, 4) is 0 Å². The van der Waals surface area contributed by atoms with E-state index in [9.17, 15) is 0 Å². The summed E-state index contributed by atoms with van der Waals surface area (Å²) < 4.78 is 0. The van der Waals surface area contributed by atoms with Crippen LogP contribution in [0.3, 0.4) is 0 Å². The third-order valence-corrected chi connectivity index (χ3v) is 3.25. The van der Waals surface area contributed by atoms with E-state index >= 15 is 0 Å². The van der Waals surface area contributed by atoms with Crippen LogP contribution in [-0.2, 0) is 6.54 Å². The highest BCUT2D eigenvalue weighted by Crippen LogP contribution is 2.14. The van der Waals surface area contributed by atoms with Crippen molar-refractivity contribution in [3.05, 3.63) is 36.0 Å². The third kappa shape index (κ3) is 4.40. The summed E-state index contributed by atoms with van der Waals surface area (Å²) in [6.07, 6.45) is 1.08. The average Bonchev–Trinajstić information content (AvgIpc) is 2.85. The third-order valence-electron chi connectivity index (χ3n) is 3.25. The van der Waals surface area contributed by atoms with Crippen molar-refractivity contribution >= 4 is 40.8 Å². The molecule has 0 bridgehead atoms. The van der Waals surface area contributed by atoms with Gasteiger partial charge in [0, 0.05) is 24.3 Å². The maximum atomic E-state index is 4.23. The van der Waals surface area contributed by atoms with Crippen LogP contribution in [0, 0.1) is 0 Å². The summed E-state index contributed by atoms with van der Waals surface area (Å²) in [6.45, 7) is 5.04. The first-order valence-electron chi connectivity index (χ1n) is 6.76. The number of para-hydroxylation sites is 1. The van der Waals surface area contributed by atoms with Crippen LogP contribution in [-0.4, -0.2) is 24.0 Å². The molecular weight excluding hydrogens is 363 g/mol. The van der Waals surface area contributed by atoms with Crippen molar-refractivity contribution in [3.63, 3.8) is 0 Å². The van der Waals surface area contributed by atoms with Crippen molar-refractivity contribution in [2.24, 2.45) is 4.99 Å². The van der Waals surface area contributed by atoms with Gasteiger partial charge >= 0.3 is 0 Å². The topological polar surface area (TPSA) is 52.2 Å². The quantitative estimate of drug-likeness (QED) is 0.429. The van der Waals surface area contributed by atoms with Crippen molar-refractivity contribution < 1.29 is 0 Å². The normalized spacial score (nSPS) is 12.8. The molecule has 1 aromatic heterocycles. The molecule has 0 aliphatic heterocycles. The monoisotopic (exact) mass is 386 g/mol. The minimum Gasteiger partial charge on any atom is -0.357 e. The van der Waals surface area contributed by atoms with E-state index in [0.717, 1.165) is 24.6 Å². The van der Waals surface area contributed by atoms with Crippen LogP contribution in [0.25, 0.3) is 10.9 Å². The number of H-pyrrole nitrogens is 1. The Labute approximate surface area is 137 Å². The maximum absolute atomic E-state index is 4.23. The van der Waals surface area contributed by atoms with E-state index in [1.807, 2.05) is 6.07 Å². The summed E-state index contributed by atoms with van der Waals surface area (Å²) in [5.41, 5.74) is 2.33. The molecule has 1 unspecified atom stereocenters. The highest BCUT2D eigenvalue weighted by molar-refractivity contribution is 14.0. The number of aromatic amines is 1. The zero-order valence-electron chi connectivity index (χ0n) is 12.2. The zero-order chi connectivity index (χ0) is 13.7. The standard InChI is InChI=1S/C15H22N4.HI/c1-4-11(2)18-15(16-3)17-10-13-9-12-7-5-6-8-14(12)19-13;/h5-9,11,19H,4,10H2,1-3H3,(H2,16,17,18);1H. The molecule has 0 aliphatic carbocycles. The first-order valence-corrected chi connectivity index (χ1v) is 6.76. The van der Waals surface area contributed by atoms with Gasteiger partial charge in [-0.2, -0.15) is 0 Å². The molecule has 0 aliphatic rings. The Bertz CT molecular complexity index is 529. The lowest BCUT2D eigenvalue weighted by Gasteiger charge is -2.15. The van der Waals surface area contributed by atoms with Gasteiger partial charge in [0.1, 0.15) is 0 Å². The molecule has 1 aromatic carbocycles. The van der Waals surface area contributed by atoms with Crippen LogP contribution in [0.1, 0.15) is 26.0 Å². The molecule has 0 spiro atoms. The van der Waals surface area contributed by atoms with Crippen molar-refractivity contribution in [1.29, 1.82) is 0 Å². The summed E-state index contributed by atoms with van der Waals surface area (Å²) >= 11 is 0. The van der Waals surface area contributed by atoms with E-state index in [2.05, 4.69) is 58.7 Å². The molecule has 0 fully saturated rings. The molecule has 1 atom stereocenters. The van der Waals surface area contributed by atoms with Crippen LogP contribution in [0.5, 0.6) is 0 Å². The first kappa shape index (κ1) is 16.8. The Kier molecular flexibility index (Phi) is 6.84. The summed E-state index contributed by atoms with van der Waals surface area (Å²) in [6, 6.07) is 10.9. The largest absolute Gasteiger partial charge is 0.357 e. The van der Waals surface area contributed by atoms with Crippen LogP contribution in [0.15, 0.2) is 35.3 Å². The highest BCUT2D eigenvalue weighted by Gasteiger charge is 2.04. The van der Waals surface area contributed by atoms with Crippen LogP contribution < -0.4 is 10.6 Å². The molecule has 0 amide bonds. The summed E-state index contributed by atoms with van der Waals surface area (Å²) in [7, 11) is 1.79. The van der Waals surface area contributed by atoms with Gasteiger partial charge in [0.2, 0.25) is 0 Å². The van der Waals surface area contributed by atoms with Gasteiger partial charge in [-0.3, -0.25) is 4.99 Å². The molecule has 3 N–H and O–H groups in total. The molecule has 2 rings (SSSR count). The number of guanidine groups is 1. The smallest absolute Gasteiger partial charge is 0.191 e. The van der Waals surface area contributed by atoms with Gasteiger partial charge in [-0.25, -0.2) is 0 Å². The van der Waals surface area contributed by atoms with E-state index in [0.29, 0.717) is 6.04 Å². The number of rotatable bonds is 4. The predicted molar refractivity (Wildman–Crippen MR) is 96.8 cm³/mol. The van der Waals surface area contributed by atoms with Gasteiger partial charge in [0.15, 0.2) is 5.96 Å². The van der Waals surface area contributed by atoms with Crippen molar-refractivity contribution in [2.45, 2.75) is 32.9 Å². The lowest BCUT2D eigenvalue weighted by Crippen LogP contribution is -2.41. The average molecular weight is 386 g/mol. The second-order valence-electron chi connectivity index (χ2n) is 4.76. The van der Waals surface area contributed by atoms with Crippen LogP contribution in [0.2, 0.25) is 0 Å². The van der Waals surface area contributed by atoms with Gasteiger partial charge in [-0.15, -0.1) is 24.0 Å². The Balaban J connectivity index is 0.00000200. The minimum absolute atomic E-state index is 0. The summed E-state index contributed by atoms with van der Waals surface area (Å²) in [5.74, 6) is 0.841. The molecule has 0 saturated heterocycles. The minimum atomic E-state index is 0. The Morgan fingerprint density at radius 3 is 2.75 bits per heavy atom. The van der Waals surface area contributed by atoms with Crippen LogP contribution >= 0.6 is 24.0 Å². The second kappa shape index (κ2) is 8.14. The first-order chi connectivity index (χ1) is 9.22. The number of nitrogens with one attached hydrogen (secondary N) is 3. The molecule has 110 valence electrons. The second-order valence-corrected chi connectivity index (χ2v) is 4.76. The molecule has 0 radical (unpaired) electrons. The number of aromatic nitrogens is 1. The molecule has 0 saturated carbocycles. The molecule has 2 aromatic rings. The molecule has 20 heavy (non-hydrogen) atoms. The van der Waals surface area contributed by atoms with Gasteiger partial charge < -0.3 is 15.6 Å². The summed E-state index contributed by atoms with van der Waals surface area (Å²) in [4.78, 5) is 7.62. The van der Waals surface area contributed by atoms with Gasteiger partial charge in [0.05, 0.1) is 6.54 Å². The molecule has 1 heterocycles. The fourth-order valence-electron chi connectivity index (χ4n) is 1.94. The maximum Gasteiger partial charge on any atom is 0.191 e. The van der Waals surface area contributed by atoms with Gasteiger partial charge in [-0.1, -0.05) is 25.1 Å². The van der Waals surface area contributed by atoms with E-state index < -0.39 is 0 Å². The zero-order valence-corrected chi connectivity index (χ0v) is 14.6. The lowest BCUT2D eigenvalue weighted by molar-refractivity contribution is 0.623. The fourth-order valence-corrected chi connectivity index (χ4v) is 1.94. The van der Waals surface area contributed by atoms with Crippen molar-refractivity contribution in [1.82, 2.24) is 15.6 Å². The number of hydrogen-bond donors (Lipinski definition) is 3. The Morgan fingerprint density at radius 2 is 2.10 bits per heavy atom. The molecule has 5 heteroatoms. The predicted octanol–water partition coefficient (Wildman–Crippen LogP) is 3.25. The number of fused-ring (bicyclic) bond motifs is 1. The van der Waals surface area contributed by atoms with E-state index in [1.54, 1.807) is 7.05 Å². The molecular formula is C15H23IN4. The van der Waals surface area contributed by atoms with Crippen LogP contribution in [0.4, 0.5) is 0 Å². The molecule has 4 nitrogen and oxygen atoms in total. The van der Waals surface area contributed by atoms with Gasteiger partial charge in [-0.05, 0) is 30.9 Å². The number of benzene rings is 1. The van der Waals surface area contributed by atoms with E-state index in [1.165, 1.54) is 10.9 Å². The number of aliphatic imine (C=N–C) groups is 1. The van der Waals surface area contributed by atoms with E-state index in [-0.39, 0.29) is 24.0 Å². The van der Waals surface area contributed by atoms with E-state index in [4.69, 9.17) is 0 Å². The van der Waals surface area contributed by atoms with Crippen molar-refractivity contribution in [2.75, 3.05) is 7.05 Å². The Morgan fingerprint density at radius 1 is 1.35 bits per heavy atom. The number of halogens is 1. The fraction of sp³-hybridized carbons (Fsp3) is 0.400. The SMILES string of the molecule is CCC(C)NC(=NC)NCc1cc2ccccc2[nH]1.I.